The third-order valence-corrected chi connectivity index (χ3v) is 3.30. The Hall–Kier alpha value is -2.07. The van der Waals surface area contributed by atoms with E-state index < -0.39 is 0 Å². The van der Waals surface area contributed by atoms with Crippen LogP contribution in [0.1, 0.15) is 31.9 Å². The van der Waals surface area contributed by atoms with Gasteiger partial charge < -0.3 is 0 Å². The predicted molar refractivity (Wildman–Crippen MR) is 79.9 cm³/mol. The second kappa shape index (κ2) is 5.28. The number of rotatable bonds is 2. The molecule has 0 N–H and O–H groups in total. The fourth-order valence-electron chi connectivity index (χ4n) is 2.07. The van der Waals surface area contributed by atoms with Crippen LogP contribution >= 0.6 is 0 Å². The maximum Gasteiger partial charge on any atom is 0.0669 e. The van der Waals surface area contributed by atoms with Crippen LogP contribution in [-0.4, -0.2) is 0 Å². The molecule has 0 radical (unpaired) electrons. The molecular formula is C18H19N. The Morgan fingerprint density at radius 1 is 0.947 bits per heavy atom. The molecule has 2 aromatic carbocycles. The molecule has 0 aliphatic heterocycles. The summed E-state index contributed by atoms with van der Waals surface area (Å²) in [5, 5.41) is 8.68. The number of hydrogen-bond donors (Lipinski definition) is 0. The van der Waals surface area contributed by atoms with E-state index in [1.54, 1.807) is 0 Å². The first kappa shape index (κ1) is 13.4. The van der Waals surface area contributed by atoms with Gasteiger partial charge in [-0.05, 0) is 27.7 Å². The van der Waals surface area contributed by atoms with Crippen LogP contribution < -0.4 is 0 Å². The fourth-order valence-corrected chi connectivity index (χ4v) is 2.07. The largest absolute Gasteiger partial charge is 0.198 e. The zero-order valence-corrected chi connectivity index (χ0v) is 11.8. The Labute approximate surface area is 115 Å². The molecule has 0 aliphatic carbocycles. The van der Waals surface area contributed by atoms with Gasteiger partial charge in [0.05, 0.1) is 12.5 Å². The van der Waals surface area contributed by atoms with Crippen molar-refractivity contribution in [3.8, 4) is 17.2 Å². The van der Waals surface area contributed by atoms with E-state index in [1.165, 1.54) is 16.7 Å². The van der Waals surface area contributed by atoms with Crippen LogP contribution in [0.2, 0.25) is 0 Å². The highest BCUT2D eigenvalue weighted by atomic mass is 14.2. The number of nitrogens with zero attached hydrogens (tertiary/aromatic N) is 1. The van der Waals surface area contributed by atoms with Gasteiger partial charge in [0.2, 0.25) is 0 Å². The lowest BCUT2D eigenvalue weighted by Crippen LogP contribution is -2.10. The maximum atomic E-state index is 8.68. The van der Waals surface area contributed by atoms with Gasteiger partial charge >= 0.3 is 0 Å². The lowest BCUT2D eigenvalue weighted by Gasteiger charge is -2.19. The van der Waals surface area contributed by atoms with E-state index in [1.807, 2.05) is 12.1 Å². The summed E-state index contributed by atoms with van der Waals surface area (Å²) in [6.07, 6.45) is 0.475. The van der Waals surface area contributed by atoms with Crippen LogP contribution in [0.5, 0.6) is 0 Å². The van der Waals surface area contributed by atoms with Crippen molar-refractivity contribution in [3.63, 3.8) is 0 Å². The Morgan fingerprint density at radius 3 is 2.21 bits per heavy atom. The Bertz CT molecular complexity index is 595. The summed E-state index contributed by atoms with van der Waals surface area (Å²) < 4.78 is 0. The van der Waals surface area contributed by atoms with E-state index in [0.717, 1.165) is 5.56 Å². The van der Waals surface area contributed by atoms with Gasteiger partial charge in [0.15, 0.2) is 0 Å². The highest BCUT2D eigenvalue weighted by molar-refractivity contribution is 5.64. The zero-order chi connectivity index (χ0) is 13.9. The average Bonchev–Trinajstić information content (AvgIpc) is 2.39. The van der Waals surface area contributed by atoms with Crippen molar-refractivity contribution in [2.45, 2.75) is 32.6 Å². The first-order valence-corrected chi connectivity index (χ1v) is 6.57. The summed E-state index contributed by atoms with van der Waals surface area (Å²) in [5.41, 5.74) is 5.00. The Balaban J connectivity index is 2.34. The number of nitriles is 1. The topological polar surface area (TPSA) is 23.8 Å². The van der Waals surface area contributed by atoms with Crippen LogP contribution in [0.15, 0.2) is 48.5 Å². The van der Waals surface area contributed by atoms with Crippen molar-refractivity contribution in [3.05, 3.63) is 59.7 Å². The highest BCUT2D eigenvalue weighted by Gasteiger charge is 2.13. The van der Waals surface area contributed by atoms with Crippen LogP contribution in [0.3, 0.4) is 0 Å². The van der Waals surface area contributed by atoms with Crippen molar-refractivity contribution < 1.29 is 0 Å². The lowest BCUT2D eigenvalue weighted by molar-refractivity contribution is 0.590. The average molecular weight is 249 g/mol. The van der Waals surface area contributed by atoms with E-state index in [9.17, 15) is 0 Å². The van der Waals surface area contributed by atoms with E-state index in [4.69, 9.17) is 5.26 Å². The van der Waals surface area contributed by atoms with Gasteiger partial charge in [0, 0.05) is 0 Å². The van der Waals surface area contributed by atoms with Crippen LogP contribution in [0.25, 0.3) is 11.1 Å². The van der Waals surface area contributed by atoms with Crippen molar-refractivity contribution in [1.82, 2.24) is 0 Å². The second-order valence-electron chi connectivity index (χ2n) is 5.86. The lowest BCUT2D eigenvalue weighted by atomic mass is 9.85. The summed E-state index contributed by atoms with van der Waals surface area (Å²) in [4.78, 5) is 0. The van der Waals surface area contributed by atoms with Gasteiger partial charge in [0.25, 0.3) is 0 Å². The smallest absolute Gasteiger partial charge is 0.0669 e. The maximum absolute atomic E-state index is 8.68. The van der Waals surface area contributed by atoms with Gasteiger partial charge in [-0.1, -0.05) is 69.3 Å². The summed E-state index contributed by atoms with van der Waals surface area (Å²) >= 11 is 0. The monoisotopic (exact) mass is 249 g/mol. The third-order valence-electron chi connectivity index (χ3n) is 3.30. The molecule has 0 fully saturated rings. The van der Waals surface area contributed by atoms with E-state index in [0.29, 0.717) is 6.42 Å². The molecule has 0 unspecified atom stereocenters. The molecule has 2 aromatic rings. The third kappa shape index (κ3) is 3.23. The molecule has 2 rings (SSSR count). The normalized spacial score (nSPS) is 11.1. The summed E-state index contributed by atoms with van der Waals surface area (Å²) in [5.74, 6) is 0. The van der Waals surface area contributed by atoms with Gasteiger partial charge in [-0.15, -0.1) is 0 Å². The molecule has 0 heterocycles. The van der Waals surface area contributed by atoms with E-state index >= 15 is 0 Å². The van der Waals surface area contributed by atoms with Crippen molar-refractivity contribution in [1.29, 1.82) is 5.26 Å². The van der Waals surface area contributed by atoms with E-state index in [-0.39, 0.29) is 5.41 Å². The SMILES string of the molecule is CC(C)(C)c1cccc(-c2ccc(CC#N)cc2)c1. The second-order valence-corrected chi connectivity index (χ2v) is 5.86. The minimum Gasteiger partial charge on any atom is -0.198 e. The summed E-state index contributed by atoms with van der Waals surface area (Å²) in [7, 11) is 0. The van der Waals surface area contributed by atoms with Crippen molar-refractivity contribution in [2.75, 3.05) is 0 Å². The van der Waals surface area contributed by atoms with Crippen molar-refractivity contribution in [2.24, 2.45) is 0 Å². The summed E-state index contributed by atoms with van der Waals surface area (Å²) in [6.45, 7) is 6.67. The van der Waals surface area contributed by atoms with Gasteiger partial charge in [-0.3, -0.25) is 0 Å². The molecule has 1 nitrogen and oxygen atoms in total. The highest BCUT2D eigenvalue weighted by Crippen LogP contribution is 2.27. The molecular weight excluding hydrogens is 230 g/mol. The quantitative estimate of drug-likeness (QED) is 0.755. The molecule has 0 saturated carbocycles. The van der Waals surface area contributed by atoms with Gasteiger partial charge in [-0.25, -0.2) is 0 Å². The van der Waals surface area contributed by atoms with Crippen LogP contribution in [0, 0.1) is 11.3 Å². The van der Waals surface area contributed by atoms with Crippen LogP contribution in [0.4, 0.5) is 0 Å². The molecule has 0 bridgehead atoms. The first-order valence-electron chi connectivity index (χ1n) is 6.57. The van der Waals surface area contributed by atoms with E-state index in [2.05, 4.69) is 63.2 Å². The van der Waals surface area contributed by atoms with Gasteiger partial charge in [0.1, 0.15) is 0 Å². The van der Waals surface area contributed by atoms with Crippen molar-refractivity contribution >= 4 is 0 Å². The minimum absolute atomic E-state index is 0.163. The Morgan fingerprint density at radius 2 is 1.63 bits per heavy atom. The molecule has 19 heavy (non-hydrogen) atoms. The Kier molecular flexibility index (Phi) is 3.71. The zero-order valence-electron chi connectivity index (χ0n) is 11.8. The number of benzene rings is 2. The standard InChI is InChI=1S/C18H19N/c1-18(2,3)17-6-4-5-16(13-17)15-9-7-14(8-10-15)11-12-19/h4-10,13H,11H2,1-3H3. The molecule has 0 aromatic heterocycles. The fraction of sp³-hybridized carbons (Fsp3) is 0.278. The van der Waals surface area contributed by atoms with Gasteiger partial charge in [-0.2, -0.15) is 5.26 Å². The number of hydrogen-bond acceptors (Lipinski definition) is 1. The molecule has 0 saturated heterocycles. The predicted octanol–water partition coefficient (Wildman–Crippen LogP) is 4.72. The molecule has 0 spiro atoms. The summed E-state index contributed by atoms with van der Waals surface area (Å²) in [6, 6.07) is 19.1. The molecule has 0 atom stereocenters. The van der Waals surface area contributed by atoms with Crippen LogP contribution in [-0.2, 0) is 11.8 Å². The minimum atomic E-state index is 0.163. The molecule has 96 valence electrons. The first-order chi connectivity index (χ1) is 9.00. The molecule has 0 amide bonds. The molecule has 0 aliphatic rings. The molecule has 1 heteroatoms.